The van der Waals surface area contributed by atoms with Crippen molar-refractivity contribution < 1.29 is 22.7 Å². The molecule has 0 fully saturated rings. The van der Waals surface area contributed by atoms with Gasteiger partial charge in [0.25, 0.3) is 6.47 Å². The van der Waals surface area contributed by atoms with E-state index in [0.29, 0.717) is 25.1 Å². The smallest absolute Gasteiger partial charge is 0.293 e. The topological polar surface area (TPSA) is 69.7 Å². The van der Waals surface area contributed by atoms with Crippen LogP contribution in [-0.2, 0) is 25.1 Å². The van der Waals surface area contributed by atoms with Crippen LogP contribution in [0, 0.1) is 0 Å². The third kappa shape index (κ3) is 4.82. The van der Waals surface area contributed by atoms with Gasteiger partial charge < -0.3 is 9.47 Å². The number of methoxy groups -OCH3 is 1. The summed E-state index contributed by atoms with van der Waals surface area (Å²) in [5.41, 5.74) is 1.62. The lowest BCUT2D eigenvalue weighted by Gasteiger charge is -2.24. The summed E-state index contributed by atoms with van der Waals surface area (Å²) in [6.07, 6.45) is 4.83. The highest BCUT2D eigenvalue weighted by Gasteiger charge is 2.30. The first-order valence-electron chi connectivity index (χ1n) is 7.65. The summed E-state index contributed by atoms with van der Waals surface area (Å²) in [6, 6.07) is 7.08. The lowest BCUT2D eigenvalue weighted by Crippen LogP contribution is -2.27. The summed E-state index contributed by atoms with van der Waals surface area (Å²) in [4.78, 5) is 10.2. The number of carbonyl (C=O) groups is 1. The summed E-state index contributed by atoms with van der Waals surface area (Å²) in [6.45, 7) is 0.619. The molecule has 1 aromatic carbocycles. The largest absolute Gasteiger partial charge is 0.497 e. The molecule has 1 atom stereocenters. The van der Waals surface area contributed by atoms with E-state index in [0.717, 1.165) is 24.0 Å². The van der Waals surface area contributed by atoms with E-state index in [1.54, 1.807) is 31.4 Å². The molecule has 0 N–H and O–H groups in total. The van der Waals surface area contributed by atoms with Crippen LogP contribution in [0.2, 0.25) is 0 Å². The summed E-state index contributed by atoms with van der Waals surface area (Å²) >= 11 is 0. The van der Waals surface area contributed by atoms with Gasteiger partial charge in [0.2, 0.25) is 0 Å². The number of sulfone groups is 1. The molecule has 2 rings (SSSR count). The van der Waals surface area contributed by atoms with E-state index in [9.17, 15) is 13.2 Å². The van der Waals surface area contributed by atoms with E-state index in [1.165, 1.54) is 0 Å². The Morgan fingerprint density at radius 1 is 1.26 bits per heavy atom. The van der Waals surface area contributed by atoms with Crippen LogP contribution in [0.5, 0.6) is 5.75 Å². The van der Waals surface area contributed by atoms with Gasteiger partial charge in [-0.25, -0.2) is 8.42 Å². The van der Waals surface area contributed by atoms with Crippen LogP contribution in [0.4, 0.5) is 0 Å². The molecule has 0 saturated carbocycles. The van der Waals surface area contributed by atoms with Gasteiger partial charge in [-0.3, -0.25) is 4.79 Å². The number of hydrogen-bond acceptors (Lipinski definition) is 5. The molecule has 5 nitrogen and oxygen atoms in total. The first-order valence-corrected chi connectivity index (χ1v) is 9.37. The Balaban J connectivity index is 2.10. The zero-order chi connectivity index (χ0) is 16.7. The number of carbonyl (C=O) groups excluding carboxylic acids is 1. The minimum atomic E-state index is -3.30. The van der Waals surface area contributed by atoms with Gasteiger partial charge in [-0.1, -0.05) is 23.8 Å². The average Bonchev–Trinajstić information content (AvgIpc) is 2.56. The predicted octanol–water partition coefficient (Wildman–Crippen LogP) is 2.65. The van der Waals surface area contributed by atoms with E-state index < -0.39 is 15.1 Å². The average molecular weight is 338 g/mol. The molecular weight excluding hydrogens is 316 g/mol. The molecule has 6 heteroatoms. The van der Waals surface area contributed by atoms with E-state index in [4.69, 9.17) is 9.47 Å². The highest BCUT2D eigenvalue weighted by molar-refractivity contribution is 7.91. The number of allylic oxidation sites excluding steroid dienone is 1. The first-order chi connectivity index (χ1) is 11.1. The van der Waals surface area contributed by atoms with Crippen molar-refractivity contribution >= 4 is 16.3 Å². The van der Waals surface area contributed by atoms with E-state index in [1.807, 2.05) is 6.08 Å². The molecule has 0 aromatic heterocycles. The molecule has 0 spiro atoms. The second-order valence-electron chi connectivity index (χ2n) is 5.57. The number of rotatable bonds is 8. The van der Waals surface area contributed by atoms with E-state index in [-0.39, 0.29) is 12.4 Å². The summed E-state index contributed by atoms with van der Waals surface area (Å²) in [7, 11) is -1.72. The molecule has 126 valence electrons. The SMILES string of the molecule is COc1ccc(CS(=O)(=O)C2CCCC=C2CCOC=O)cc1. The minimum Gasteiger partial charge on any atom is -0.497 e. The summed E-state index contributed by atoms with van der Waals surface area (Å²) in [5.74, 6) is 0.712. The lowest BCUT2D eigenvalue weighted by atomic mass is 9.97. The quantitative estimate of drug-likeness (QED) is 0.414. The second-order valence-corrected chi connectivity index (χ2v) is 7.75. The highest BCUT2D eigenvalue weighted by atomic mass is 32.2. The van der Waals surface area contributed by atoms with Crippen LogP contribution in [0.3, 0.4) is 0 Å². The molecule has 1 aliphatic carbocycles. The van der Waals surface area contributed by atoms with Crippen molar-refractivity contribution in [1.29, 1.82) is 0 Å². The summed E-state index contributed by atoms with van der Waals surface area (Å²) < 4.78 is 35.3. The Kier molecular flexibility index (Phi) is 6.21. The van der Waals surface area contributed by atoms with Gasteiger partial charge in [-0.15, -0.1) is 0 Å². The molecule has 0 amide bonds. The van der Waals surface area contributed by atoms with Crippen LogP contribution >= 0.6 is 0 Å². The maximum absolute atomic E-state index is 12.8. The Labute approximate surface area is 137 Å². The number of benzene rings is 1. The maximum Gasteiger partial charge on any atom is 0.293 e. The molecule has 1 aliphatic rings. The predicted molar refractivity (Wildman–Crippen MR) is 88.0 cm³/mol. The van der Waals surface area contributed by atoms with Gasteiger partial charge in [0.1, 0.15) is 5.75 Å². The van der Waals surface area contributed by atoms with Crippen molar-refractivity contribution in [3.63, 3.8) is 0 Å². The van der Waals surface area contributed by atoms with Gasteiger partial charge >= 0.3 is 0 Å². The molecule has 23 heavy (non-hydrogen) atoms. The third-order valence-corrected chi connectivity index (χ3v) is 6.17. The maximum atomic E-state index is 12.8. The molecule has 0 bridgehead atoms. The highest BCUT2D eigenvalue weighted by Crippen LogP contribution is 2.29. The Morgan fingerprint density at radius 2 is 2.00 bits per heavy atom. The van der Waals surface area contributed by atoms with Gasteiger partial charge in [-0.2, -0.15) is 0 Å². The fraction of sp³-hybridized carbons (Fsp3) is 0.471. The normalized spacial score (nSPS) is 18.1. The van der Waals surface area contributed by atoms with Crippen molar-refractivity contribution in [3.05, 3.63) is 41.5 Å². The molecule has 1 unspecified atom stereocenters. The first kappa shape index (κ1) is 17.5. The van der Waals surface area contributed by atoms with Gasteiger partial charge in [0.05, 0.1) is 24.7 Å². The van der Waals surface area contributed by atoms with Gasteiger partial charge in [0, 0.05) is 6.42 Å². The van der Waals surface area contributed by atoms with Crippen LogP contribution in [0.1, 0.15) is 31.2 Å². The number of ether oxygens (including phenoxy) is 2. The van der Waals surface area contributed by atoms with Crippen molar-refractivity contribution in [2.45, 2.75) is 36.7 Å². The Morgan fingerprint density at radius 3 is 2.65 bits per heavy atom. The van der Waals surface area contributed by atoms with E-state index >= 15 is 0 Å². The van der Waals surface area contributed by atoms with Crippen LogP contribution in [-0.4, -0.2) is 33.9 Å². The molecule has 0 saturated heterocycles. The van der Waals surface area contributed by atoms with Crippen LogP contribution < -0.4 is 4.74 Å². The van der Waals surface area contributed by atoms with Crippen molar-refractivity contribution in [2.75, 3.05) is 13.7 Å². The van der Waals surface area contributed by atoms with E-state index in [2.05, 4.69) is 0 Å². The van der Waals surface area contributed by atoms with Crippen molar-refractivity contribution in [3.8, 4) is 5.75 Å². The fourth-order valence-electron chi connectivity index (χ4n) is 2.86. The summed E-state index contributed by atoms with van der Waals surface area (Å²) in [5, 5.41) is -0.478. The Hall–Kier alpha value is -1.82. The molecule has 0 radical (unpaired) electrons. The lowest BCUT2D eigenvalue weighted by molar-refractivity contribution is -0.128. The van der Waals surface area contributed by atoms with Crippen LogP contribution in [0.15, 0.2) is 35.9 Å². The van der Waals surface area contributed by atoms with Crippen molar-refractivity contribution in [1.82, 2.24) is 0 Å². The minimum absolute atomic E-state index is 0.00748. The standard InChI is InChI=1S/C17H22O5S/c1-21-16-8-6-14(7-9-16)12-23(19,20)17-5-3-2-4-15(17)10-11-22-13-18/h4,6-9,13,17H,2-3,5,10-12H2,1H3. The zero-order valence-electron chi connectivity index (χ0n) is 13.2. The molecule has 1 aromatic rings. The second kappa shape index (κ2) is 8.15. The molecule has 0 heterocycles. The monoisotopic (exact) mass is 338 g/mol. The zero-order valence-corrected chi connectivity index (χ0v) is 14.1. The molecular formula is C17H22O5S. The number of hydrogen-bond donors (Lipinski definition) is 0. The van der Waals surface area contributed by atoms with Crippen LogP contribution in [0.25, 0.3) is 0 Å². The van der Waals surface area contributed by atoms with Gasteiger partial charge in [0.15, 0.2) is 9.84 Å². The third-order valence-electron chi connectivity index (χ3n) is 4.03. The van der Waals surface area contributed by atoms with Crippen molar-refractivity contribution in [2.24, 2.45) is 0 Å². The fourth-order valence-corrected chi connectivity index (χ4v) is 4.92. The van der Waals surface area contributed by atoms with Gasteiger partial charge in [-0.05, 0) is 37.0 Å². The molecule has 0 aliphatic heterocycles. The Bertz CT molecular complexity index is 646.